The second-order valence-electron chi connectivity index (χ2n) is 6.74. The Morgan fingerprint density at radius 1 is 1.19 bits per heavy atom. The third-order valence-electron chi connectivity index (χ3n) is 3.95. The van der Waals surface area contributed by atoms with Crippen LogP contribution in [-0.4, -0.2) is 16.3 Å². The summed E-state index contributed by atoms with van der Waals surface area (Å²) in [6, 6.07) is 7.73. The van der Waals surface area contributed by atoms with Gasteiger partial charge in [-0.05, 0) is 61.8 Å². The van der Waals surface area contributed by atoms with Crippen molar-refractivity contribution < 1.29 is 22.3 Å². The number of rotatable bonds is 6. The van der Waals surface area contributed by atoms with Gasteiger partial charge in [0.2, 0.25) is 0 Å². The van der Waals surface area contributed by atoms with Gasteiger partial charge < -0.3 is 15.8 Å². The van der Waals surface area contributed by atoms with Crippen molar-refractivity contribution in [3.05, 3.63) is 69.8 Å². The van der Waals surface area contributed by atoms with Crippen LogP contribution >= 0.6 is 11.5 Å². The maximum atomic E-state index is 14.5. The number of hydrogen-bond donors (Lipinski definition) is 3. The molecule has 0 amide bonds. The molecule has 0 aliphatic carbocycles. The van der Waals surface area contributed by atoms with Gasteiger partial charge in [0, 0.05) is 17.8 Å². The summed E-state index contributed by atoms with van der Waals surface area (Å²) in [6.07, 6.45) is -4.47. The van der Waals surface area contributed by atoms with Gasteiger partial charge in [-0.2, -0.15) is 13.2 Å². The number of hydrogen-bond acceptors (Lipinski definition) is 5. The number of alkyl halides is 3. The standard InChI is InChI=1S/C20H18F4N4O2S/c1-10(2)26-17(25)16-18(29)28-31-19(16)27-12-5-8-15(14(21)9-12)30-13-6-3-11(4-7-13)20(22,23)24/h3-10,27H,1-2H3,(H2,25,26)(H,28,29). The molecule has 2 aromatic carbocycles. The van der Waals surface area contributed by atoms with Crippen LogP contribution in [0.2, 0.25) is 0 Å². The lowest BCUT2D eigenvalue weighted by molar-refractivity contribution is -0.137. The van der Waals surface area contributed by atoms with Crippen LogP contribution in [-0.2, 0) is 6.18 Å². The minimum atomic E-state index is -4.47. The van der Waals surface area contributed by atoms with Gasteiger partial charge in [0.25, 0.3) is 5.56 Å². The van der Waals surface area contributed by atoms with Crippen molar-refractivity contribution in [3.63, 3.8) is 0 Å². The first-order valence-electron chi connectivity index (χ1n) is 9.01. The topological polar surface area (TPSA) is 92.5 Å². The van der Waals surface area contributed by atoms with Crippen LogP contribution in [0.15, 0.2) is 52.3 Å². The van der Waals surface area contributed by atoms with E-state index in [0.717, 1.165) is 41.9 Å². The van der Waals surface area contributed by atoms with Crippen LogP contribution in [0.4, 0.5) is 28.3 Å². The first-order valence-corrected chi connectivity index (χ1v) is 9.83. The Balaban J connectivity index is 1.79. The van der Waals surface area contributed by atoms with Crippen molar-refractivity contribution in [1.29, 1.82) is 0 Å². The maximum Gasteiger partial charge on any atom is 0.416 e. The van der Waals surface area contributed by atoms with E-state index < -0.39 is 23.1 Å². The predicted octanol–water partition coefficient (Wildman–Crippen LogP) is 5.24. The molecule has 1 aromatic heterocycles. The summed E-state index contributed by atoms with van der Waals surface area (Å²) in [5.41, 5.74) is 5.12. The molecule has 0 aliphatic rings. The Morgan fingerprint density at radius 3 is 2.45 bits per heavy atom. The smallest absolute Gasteiger partial charge is 0.416 e. The van der Waals surface area contributed by atoms with Crippen molar-refractivity contribution in [2.45, 2.75) is 26.1 Å². The van der Waals surface area contributed by atoms with E-state index in [4.69, 9.17) is 10.5 Å². The van der Waals surface area contributed by atoms with Crippen LogP contribution < -0.4 is 21.3 Å². The Kier molecular flexibility index (Phi) is 6.34. The molecule has 0 spiro atoms. The molecule has 6 nitrogen and oxygen atoms in total. The van der Waals surface area contributed by atoms with Crippen LogP contribution in [0.25, 0.3) is 0 Å². The van der Waals surface area contributed by atoms with E-state index in [-0.39, 0.29) is 28.9 Å². The highest BCUT2D eigenvalue weighted by Gasteiger charge is 2.30. The van der Waals surface area contributed by atoms with Gasteiger partial charge in [-0.3, -0.25) is 14.2 Å². The number of halogens is 4. The number of aromatic amines is 1. The van der Waals surface area contributed by atoms with Gasteiger partial charge in [0.1, 0.15) is 22.1 Å². The largest absolute Gasteiger partial charge is 0.454 e. The highest BCUT2D eigenvalue weighted by Crippen LogP contribution is 2.33. The van der Waals surface area contributed by atoms with E-state index >= 15 is 0 Å². The van der Waals surface area contributed by atoms with Crippen molar-refractivity contribution in [3.8, 4) is 11.5 Å². The molecule has 0 saturated carbocycles. The Labute approximate surface area is 178 Å². The molecule has 164 valence electrons. The molecule has 4 N–H and O–H groups in total. The molecule has 0 atom stereocenters. The van der Waals surface area contributed by atoms with E-state index in [1.165, 1.54) is 12.1 Å². The van der Waals surface area contributed by atoms with Gasteiger partial charge in [0.05, 0.1) is 5.56 Å². The highest BCUT2D eigenvalue weighted by atomic mass is 32.1. The second kappa shape index (κ2) is 8.80. The number of anilines is 2. The van der Waals surface area contributed by atoms with Crippen LogP contribution in [0.5, 0.6) is 11.5 Å². The third kappa shape index (κ3) is 5.43. The fourth-order valence-corrected chi connectivity index (χ4v) is 3.36. The van der Waals surface area contributed by atoms with Crippen LogP contribution in [0.3, 0.4) is 0 Å². The molecular formula is C20H18F4N4O2S. The lowest BCUT2D eigenvalue weighted by Crippen LogP contribution is -2.23. The number of nitrogens with two attached hydrogens (primary N) is 1. The quantitative estimate of drug-likeness (QED) is 0.270. The van der Waals surface area contributed by atoms with E-state index in [1.807, 2.05) is 13.8 Å². The zero-order valence-electron chi connectivity index (χ0n) is 16.4. The van der Waals surface area contributed by atoms with Crippen LogP contribution in [0, 0.1) is 5.82 Å². The van der Waals surface area contributed by atoms with E-state index in [0.29, 0.717) is 10.7 Å². The zero-order valence-corrected chi connectivity index (χ0v) is 17.2. The lowest BCUT2D eigenvalue weighted by Gasteiger charge is -2.11. The van der Waals surface area contributed by atoms with Gasteiger partial charge in [0.15, 0.2) is 11.6 Å². The summed E-state index contributed by atoms with van der Waals surface area (Å²) >= 11 is 0.987. The minimum Gasteiger partial charge on any atom is -0.454 e. The molecule has 0 radical (unpaired) electrons. The molecule has 0 unspecified atom stereocenters. The van der Waals surface area contributed by atoms with E-state index in [9.17, 15) is 22.4 Å². The average Bonchev–Trinajstić information content (AvgIpc) is 3.03. The lowest BCUT2D eigenvalue weighted by atomic mass is 10.2. The summed E-state index contributed by atoms with van der Waals surface area (Å²) < 4.78 is 60.3. The highest BCUT2D eigenvalue weighted by molar-refractivity contribution is 7.10. The summed E-state index contributed by atoms with van der Waals surface area (Å²) in [6.45, 7) is 3.62. The van der Waals surface area contributed by atoms with Crippen molar-refractivity contribution in [2.24, 2.45) is 10.7 Å². The number of ether oxygens (including phenoxy) is 1. The fraction of sp³-hybridized carbons (Fsp3) is 0.200. The number of nitrogens with zero attached hydrogens (tertiary/aromatic N) is 1. The average molecular weight is 454 g/mol. The molecule has 0 fully saturated rings. The molecule has 3 rings (SSSR count). The van der Waals surface area contributed by atoms with Crippen molar-refractivity contribution in [1.82, 2.24) is 4.37 Å². The summed E-state index contributed by atoms with van der Waals surface area (Å²) in [7, 11) is 0. The number of aromatic nitrogens is 1. The van der Waals surface area contributed by atoms with Gasteiger partial charge in [-0.25, -0.2) is 4.39 Å². The number of benzene rings is 2. The first kappa shape index (κ1) is 22.3. The number of aliphatic imine (C=N–C) groups is 1. The molecule has 3 aromatic rings. The van der Waals surface area contributed by atoms with E-state index in [1.54, 1.807) is 0 Å². The van der Waals surface area contributed by atoms with E-state index in [2.05, 4.69) is 14.7 Å². The maximum absolute atomic E-state index is 14.5. The molecule has 0 bridgehead atoms. The molecular weight excluding hydrogens is 436 g/mol. The Morgan fingerprint density at radius 2 is 1.87 bits per heavy atom. The number of nitrogens with one attached hydrogen (secondary N) is 2. The van der Waals surface area contributed by atoms with Crippen LogP contribution in [0.1, 0.15) is 25.0 Å². The first-order chi connectivity index (χ1) is 14.5. The Hall–Kier alpha value is -3.34. The van der Waals surface area contributed by atoms with Crippen molar-refractivity contribution in [2.75, 3.05) is 5.32 Å². The number of amidine groups is 1. The monoisotopic (exact) mass is 454 g/mol. The second-order valence-corrected chi connectivity index (χ2v) is 7.56. The van der Waals surface area contributed by atoms with Crippen molar-refractivity contribution >= 4 is 28.1 Å². The molecule has 31 heavy (non-hydrogen) atoms. The third-order valence-corrected chi connectivity index (χ3v) is 4.75. The molecule has 0 saturated heterocycles. The minimum absolute atomic E-state index is 0.0522. The molecule has 0 aliphatic heterocycles. The fourth-order valence-electron chi connectivity index (χ4n) is 2.60. The summed E-state index contributed by atoms with van der Waals surface area (Å²) in [5, 5.41) is 3.27. The summed E-state index contributed by atoms with van der Waals surface area (Å²) in [4.78, 5) is 16.2. The number of H-pyrrole nitrogens is 1. The van der Waals surface area contributed by atoms with Gasteiger partial charge in [-0.1, -0.05) is 0 Å². The normalized spacial score (nSPS) is 12.3. The molecule has 1 heterocycles. The predicted molar refractivity (Wildman–Crippen MR) is 112 cm³/mol. The SMILES string of the molecule is CC(C)N=C(N)c1c(Nc2ccc(Oc3ccc(C(F)(F)F)cc3)c(F)c2)s[nH]c1=O. The molecule has 11 heteroatoms. The van der Waals surface area contributed by atoms with Gasteiger partial charge >= 0.3 is 6.18 Å². The summed E-state index contributed by atoms with van der Waals surface area (Å²) in [5.74, 6) is -0.814. The Bertz CT molecular complexity index is 1150. The zero-order chi connectivity index (χ0) is 22.8. The van der Waals surface area contributed by atoms with Gasteiger partial charge in [-0.15, -0.1) is 0 Å².